The molecule has 2 unspecified atom stereocenters. The summed E-state index contributed by atoms with van der Waals surface area (Å²) >= 11 is 0. The molecule has 152 valence electrons. The molecule has 3 atom stereocenters. The summed E-state index contributed by atoms with van der Waals surface area (Å²) in [6.07, 6.45) is 7.17. The predicted octanol–water partition coefficient (Wildman–Crippen LogP) is 5.29. The molecule has 2 aromatic rings. The van der Waals surface area contributed by atoms with Crippen molar-refractivity contribution in [3.05, 3.63) is 59.2 Å². The first-order valence-electron chi connectivity index (χ1n) is 10.9. The molecule has 2 aliphatic carbocycles. The smallest absolute Gasteiger partial charge is 0.410 e. The number of aryl methyl sites for hydroxylation is 1. The van der Waals surface area contributed by atoms with Crippen LogP contribution in [0.25, 0.3) is 0 Å². The number of hydrogen-bond acceptors (Lipinski definition) is 3. The van der Waals surface area contributed by atoms with Gasteiger partial charge in [0.05, 0.1) is 0 Å². The number of anilines is 1. The first-order chi connectivity index (χ1) is 14.0. The van der Waals surface area contributed by atoms with Crippen LogP contribution in [0.4, 0.5) is 10.5 Å². The molecular formula is C25H30N2O2. The number of likely N-dealkylation sites (tertiary alicyclic amines) is 1. The summed E-state index contributed by atoms with van der Waals surface area (Å²) in [5.74, 6) is 1.39. The maximum absolute atomic E-state index is 12.4. The minimum atomic E-state index is -0.427. The Morgan fingerprint density at radius 3 is 2.79 bits per heavy atom. The number of carbonyl (C=O) groups excluding carboxylic acids is 1. The number of carbonyl (C=O) groups is 1. The normalized spacial score (nSPS) is 28.2. The van der Waals surface area contributed by atoms with Gasteiger partial charge in [-0.2, -0.15) is 0 Å². The number of ether oxygens (including phenoxy) is 1. The molecule has 2 aromatic carbocycles. The molecule has 4 heteroatoms. The lowest BCUT2D eigenvalue weighted by Gasteiger charge is -2.58. The minimum Gasteiger partial charge on any atom is -0.410 e. The maximum Gasteiger partial charge on any atom is 0.417 e. The molecule has 0 spiro atoms. The van der Waals surface area contributed by atoms with Crippen LogP contribution in [0.1, 0.15) is 48.8 Å². The first kappa shape index (κ1) is 18.7. The minimum absolute atomic E-state index is 0.274. The second-order valence-electron chi connectivity index (χ2n) is 9.21. The molecule has 1 heterocycles. The van der Waals surface area contributed by atoms with E-state index in [2.05, 4.69) is 29.4 Å². The van der Waals surface area contributed by atoms with E-state index in [0.717, 1.165) is 23.6 Å². The monoisotopic (exact) mass is 390 g/mol. The fourth-order valence-corrected chi connectivity index (χ4v) is 6.13. The molecule has 1 N–H and O–H groups in total. The van der Waals surface area contributed by atoms with Crippen molar-refractivity contribution in [2.75, 3.05) is 18.9 Å². The third kappa shape index (κ3) is 3.24. The van der Waals surface area contributed by atoms with E-state index in [1.807, 2.05) is 37.3 Å². The number of benzene rings is 2. The van der Waals surface area contributed by atoms with Crippen molar-refractivity contribution in [2.24, 2.45) is 5.92 Å². The molecule has 1 saturated heterocycles. The average Bonchev–Trinajstić information content (AvgIpc) is 2.73. The highest BCUT2D eigenvalue weighted by Crippen LogP contribution is 2.55. The first-order valence-corrected chi connectivity index (χ1v) is 10.9. The number of nitrogens with zero attached hydrogens (tertiary/aromatic N) is 1. The fraction of sp³-hybridized carbons (Fsp3) is 0.480. The van der Waals surface area contributed by atoms with Gasteiger partial charge in [-0.15, -0.1) is 0 Å². The van der Waals surface area contributed by atoms with Gasteiger partial charge in [0, 0.05) is 17.1 Å². The quantitative estimate of drug-likeness (QED) is 0.757. The lowest BCUT2D eigenvalue weighted by Crippen LogP contribution is -2.59. The number of amides is 1. The van der Waals surface area contributed by atoms with Crippen molar-refractivity contribution in [2.45, 2.75) is 56.9 Å². The van der Waals surface area contributed by atoms with Gasteiger partial charge in [0.25, 0.3) is 0 Å². The van der Waals surface area contributed by atoms with Gasteiger partial charge in [-0.1, -0.05) is 36.6 Å². The van der Waals surface area contributed by atoms with Crippen LogP contribution in [-0.4, -0.2) is 30.6 Å². The number of rotatable bonds is 2. The van der Waals surface area contributed by atoms with Gasteiger partial charge in [0.1, 0.15) is 5.75 Å². The Morgan fingerprint density at radius 1 is 1.14 bits per heavy atom. The van der Waals surface area contributed by atoms with E-state index in [-0.39, 0.29) is 5.41 Å². The Bertz CT molecular complexity index is 923. The lowest BCUT2D eigenvalue weighted by molar-refractivity contribution is 0.00275. The summed E-state index contributed by atoms with van der Waals surface area (Å²) in [5, 5.41) is 2.83. The van der Waals surface area contributed by atoms with Crippen molar-refractivity contribution < 1.29 is 9.53 Å². The SMILES string of the molecule is Cc1ccc(NC(=O)Oc2ccc3c(c2)[C@@]24CCCCC2C(C3)N(C)CC4)cc1. The van der Waals surface area contributed by atoms with Crippen LogP contribution < -0.4 is 10.1 Å². The maximum atomic E-state index is 12.4. The average molecular weight is 391 g/mol. The van der Waals surface area contributed by atoms with E-state index >= 15 is 0 Å². The van der Waals surface area contributed by atoms with Crippen molar-refractivity contribution in [1.29, 1.82) is 0 Å². The topological polar surface area (TPSA) is 41.6 Å². The third-order valence-electron chi connectivity index (χ3n) is 7.59. The summed E-state index contributed by atoms with van der Waals surface area (Å²) in [6, 6.07) is 14.7. The highest BCUT2D eigenvalue weighted by Gasteiger charge is 2.53. The number of likely N-dealkylation sites (N-methyl/N-ethyl adjacent to an activating group) is 1. The second-order valence-corrected chi connectivity index (χ2v) is 9.21. The van der Waals surface area contributed by atoms with Crippen molar-refractivity contribution >= 4 is 11.8 Å². The molecule has 2 bridgehead atoms. The Kier molecular flexibility index (Phi) is 4.62. The highest BCUT2D eigenvalue weighted by molar-refractivity contribution is 5.86. The Balaban J connectivity index is 1.41. The van der Waals surface area contributed by atoms with Crippen LogP contribution in [0.5, 0.6) is 5.75 Å². The molecule has 0 aromatic heterocycles. The van der Waals surface area contributed by atoms with Crippen molar-refractivity contribution in [3.63, 3.8) is 0 Å². The zero-order valence-corrected chi connectivity index (χ0v) is 17.4. The van der Waals surface area contributed by atoms with Crippen LogP contribution in [0.3, 0.4) is 0 Å². The molecular weight excluding hydrogens is 360 g/mol. The number of fused-ring (bicyclic) bond motifs is 1. The second kappa shape index (κ2) is 7.17. The predicted molar refractivity (Wildman–Crippen MR) is 116 cm³/mol. The van der Waals surface area contributed by atoms with Gasteiger partial charge in [-0.05, 0) is 87.5 Å². The standard InChI is InChI=1S/C25H30N2O2/c1-17-6-9-19(10-7-17)26-24(28)29-20-11-8-18-15-23-21-5-3-4-12-25(21,22(18)16-20)13-14-27(23)2/h6-11,16,21,23H,3-5,12-15H2,1-2H3,(H,26,28)/t21?,23?,25-/m1/s1. The van der Waals surface area contributed by atoms with E-state index in [0.29, 0.717) is 11.8 Å². The van der Waals surface area contributed by atoms with Gasteiger partial charge in [0.2, 0.25) is 0 Å². The summed E-state index contributed by atoms with van der Waals surface area (Å²) in [7, 11) is 2.29. The molecule has 2 fully saturated rings. The number of piperidine rings is 1. The van der Waals surface area contributed by atoms with Gasteiger partial charge in [0.15, 0.2) is 0 Å². The van der Waals surface area contributed by atoms with Gasteiger partial charge in [-0.25, -0.2) is 4.79 Å². The summed E-state index contributed by atoms with van der Waals surface area (Å²) in [4.78, 5) is 15.0. The highest BCUT2D eigenvalue weighted by atomic mass is 16.6. The van der Waals surface area contributed by atoms with Crippen molar-refractivity contribution in [1.82, 2.24) is 4.90 Å². The number of hydrogen-bond donors (Lipinski definition) is 1. The van der Waals surface area contributed by atoms with Gasteiger partial charge < -0.3 is 9.64 Å². The molecule has 5 rings (SSSR count). The van der Waals surface area contributed by atoms with E-state index in [4.69, 9.17) is 4.74 Å². The largest absolute Gasteiger partial charge is 0.417 e. The molecule has 1 amide bonds. The Hall–Kier alpha value is -2.33. The van der Waals surface area contributed by atoms with Crippen molar-refractivity contribution in [3.8, 4) is 5.75 Å². The summed E-state index contributed by atoms with van der Waals surface area (Å²) < 4.78 is 5.69. The molecule has 4 nitrogen and oxygen atoms in total. The van der Waals surface area contributed by atoms with Crippen LogP contribution in [0.15, 0.2) is 42.5 Å². The lowest BCUT2D eigenvalue weighted by atomic mass is 9.52. The zero-order valence-electron chi connectivity index (χ0n) is 17.4. The third-order valence-corrected chi connectivity index (χ3v) is 7.59. The number of nitrogens with one attached hydrogen (secondary N) is 1. The Morgan fingerprint density at radius 2 is 1.97 bits per heavy atom. The van der Waals surface area contributed by atoms with Crippen LogP contribution in [0, 0.1) is 12.8 Å². The summed E-state index contributed by atoms with van der Waals surface area (Å²) in [5.41, 5.74) is 5.09. The molecule has 29 heavy (non-hydrogen) atoms. The van der Waals surface area contributed by atoms with Gasteiger partial charge in [-0.3, -0.25) is 5.32 Å². The van der Waals surface area contributed by atoms with Gasteiger partial charge >= 0.3 is 6.09 Å². The molecule has 1 saturated carbocycles. The van der Waals surface area contributed by atoms with E-state index in [1.165, 1.54) is 49.8 Å². The van der Waals surface area contributed by atoms with E-state index in [9.17, 15) is 4.79 Å². The van der Waals surface area contributed by atoms with E-state index < -0.39 is 6.09 Å². The van der Waals surface area contributed by atoms with Crippen LogP contribution in [-0.2, 0) is 11.8 Å². The van der Waals surface area contributed by atoms with Crippen LogP contribution >= 0.6 is 0 Å². The zero-order chi connectivity index (χ0) is 20.0. The molecule has 0 radical (unpaired) electrons. The fourth-order valence-electron chi connectivity index (χ4n) is 6.13. The Labute approximate surface area is 173 Å². The molecule has 1 aliphatic heterocycles. The van der Waals surface area contributed by atoms with Crippen LogP contribution in [0.2, 0.25) is 0 Å². The van der Waals surface area contributed by atoms with E-state index in [1.54, 1.807) is 0 Å². The summed E-state index contributed by atoms with van der Waals surface area (Å²) in [6.45, 7) is 3.19. The molecule has 3 aliphatic rings.